The first-order valence-electron chi connectivity index (χ1n) is 7.18. The number of halogens is 2. The van der Waals surface area contributed by atoms with E-state index < -0.39 is 19.2 Å². The van der Waals surface area contributed by atoms with Gasteiger partial charge in [0.05, 0.1) is 0 Å². The number of hydrogen-bond donors (Lipinski definition) is 0. The summed E-state index contributed by atoms with van der Waals surface area (Å²) < 4.78 is 33.9. The van der Waals surface area contributed by atoms with Crippen LogP contribution in [-0.4, -0.2) is 19.2 Å². The summed E-state index contributed by atoms with van der Waals surface area (Å²) in [6.07, 6.45) is -3.56. The predicted octanol–water partition coefficient (Wildman–Crippen LogP) is 5.06. The molecule has 0 saturated heterocycles. The first kappa shape index (κ1) is 18.4. The van der Waals surface area contributed by atoms with Crippen LogP contribution in [-0.2, 0) is 15.6 Å². The third kappa shape index (κ3) is 5.28. The fourth-order valence-corrected chi connectivity index (χ4v) is 1.78. The van der Waals surface area contributed by atoms with E-state index >= 15 is 0 Å². The Balaban J connectivity index is 3.11. The van der Waals surface area contributed by atoms with Crippen LogP contribution in [0.4, 0.5) is 13.6 Å². The van der Waals surface area contributed by atoms with Gasteiger partial charge in [-0.1, -0.05) is 47.6 Å². The molecule has 0 heterocycles. The van der Waals surface area contributed by atoms with Crippen LogP contribution in [0, 0.1) is 0 Å². The van der Waals surface area contributed by atoms with E-state index in [9.17, 15) is 13.6 Å². The number of carbonyl (C=O) groups is 1. The fraction of sp³-hybridized carbons (Fsp3) is 0.588. The van der Waals surface area contributed by atoms with E-state index in [2.05, 4.69) is 10.8 Å². The van der Waals surface area contributed by atoms with Gasteiger partial charge in [0, 0.05) is 0 Å². The molecule has 1 aromatic carbocycles. The number of rotatable bonds is 3. The van der Waals surface area contributed by atoms with Crippen LogP contribution >= 0.6 is 0 Å². The third-order valence-corrected chi connectivity index (χ3v) is 3.19. The van der Waals surface area contributed by atoms with Crippen LogP contribution in [0.15, 0.2) is 18.2 Å². The Labute approximate surface area is 130 Å². The maximum absolute atomic E-state index is 12.7. The van der Waals surface area contributed by atoms with Crippen LogP contribution in [0.2, 0.25) is 0 Å². The molecule has 0 aromatic heterocycles. The second-order valence-corrected chi connectivity index (χ2v) is 7.28. The largest absolute Gasteiger partial charge is 0.516 e. The summed E-state index contributed by atoms with van der Waals surface area (Å²) in [6, 6.07) is 5.47. The molecule has 1 aromatic rings. The van der Waals surface area contributed by atoms with E-state index in [0.29, 0.717) is 0 Å². The number of alkyl halides is 2. The molecule has 0 aliphatic rings. The molecule has 0 bridgehead atoms. The fourth-order valence-electron chi connectivity index (χ4n) is 1.78. The number of benzene rings is 1. The highest BCUT2D eigenvalue weighted by molar-refractivity contribution is 5.64. The highest BCUT2D eigenvalue weighted by atomic mass is 19.2. The van der Waals surface area contributed by atoms with E-state index in [4.69, 9.17) is 4.74 Å². The molecule has 5 heteroatoms. The lowest BCUT2D eigenvalue weighted by atomic mass is 9.80. The van der Waals surface area contributed by atoms with Crippen molar-refractivity contribution in [3.8, 4) is 5.75 Å². The van der Waals surface area contributed by atoms with Crippen molar-refractivity contribution in [1.29, 1.82) is 0 Å². The van der Waals surface area contributed by atoms with E-state index in [1.54, 1.807) is 12.1 Å². The number of carbonyl (C=O) groups excluding carboxylic acids is 1. The van der Waals surface area contributed by atoms with Crippen LogP contribution in [0.3, 0.4) is 0 Å². The molecule has 22 heavy (non-hydrogen) atoms. The first-order valence-corrected chi connectivity index (χ1v) is 7.18. The van der Waals surface area contributed by atoms with E-state index in [0.717, 1.165) is 11.1 Å². The van der Waals surface area contributed by atoms with Gasteiger partial charge in [0.15, 0.2) is 6.67 Å². The summed E-state index contributed by atoms with van der Waals surface area (Å²) in [6.45, 7) is 10.8. The monoisotopic (exact) mass is 314 g/mol. The average Bonchev–Trinajstić information content (AvgIpc) is 2.35. The Morgan fingerprint density at radius 1 is 1.05 bits per heavy atom. The van der Waals surface area contributed by atoms with Gasteiger partial charge in [0.1, 0.15) is 5.75 Å². The summed E-state index contributed by atoms with van der Waals surface area (Å²) >= 11 is 0. The van der Waals surface area contributed by atoms with Crippen molar-refractivity contribution in [2.24, 2.45) is 0 Å². The maximum Gasteiger partial charge on any atom is 0.516 e. The first-order chi connectivity index (χ1) is 9.93. The molecule has 1 atom stereocenters. The van der Waals surface area contributed by atoms with Gasteiger partial charge in [-0.05, 0) is 34.1 Å². The molecular formula is C17H24F2O3. The molecule has 1 unspecified atom stereocenters. The minimum Gasteiger partial charge on any atom is -0.396 e. The topological polar surface area (TPSA) is 35.5 Å². The molecule has 0 aliphatic carbocycles. The predicted molar refractivity (Wildman–Crippen MR) is 81.8 cm³/mol. The standard InChI is InChI=1S/C17H24F2O3/c1-16(2,3)11-7-12(17(4,5)6)9-13(8-11)21-15(20)22-14(19)10-18/h7-9,14H,10H2,1-6H3. The highest BCUT2D eigenvalue weighted by Gasteiger charge is 2.22. The zero-order valence-corrected chi connectivity index (χ0v) is 14.0. The third-order valence-electron chi connectivity index (χ3n) is 3.19. The maximum atomic E-state index is 12.7. The molecule has 0 saturated carbocycles. The molecule has 1 rings (SSSR count). The summed E-state index contributed by atoms with van der Waals surface area (Å²) in [5, 5.41) is 0. The van der Waals surface area contributed by atoms with Gasteiger partial charge in [-0.2, -0.15) is 4.39 Å². The van der Waals surface area contributed by atoms with Crippen molar-refractivity contribution in [3.05, 3.63) is 29.3 Å². The molecule has 0 aliphatic heterocycles. The second kappa shape index (κ2) is 6.63. The zero-order valence-electron chi connectivity index (χ0n) is 14.0. The highest BCUT2D eigenvalue weighted by Crippen LogP contribution is 2.33. The SMILES string of the molecule is CC(C)(C)c1cc(OC(=O)OC(F)CF)cc(C(C)(C)C)c1. The van der Waals surface area contributed by atoms with Gasteiger partial charge < -0.3 is 9.47 Å². The Morgan fingerprint density at radius 2 is 1.50 bits per heavy atom. The van der Waals surface area contributed by atoms with Crippen molar-refractivity contribution < 1.29 is 23.0 Å². The number of ether oxygens (including phenoxy) is 2. The smallest absolute Gasteiger partial charge is 0.396 e. The number of hydrogen-bond acceptors (Lipinski definition) is 3. The molecule has 0 amide bonds. The zero-order chi connectivity index (χ0) is 17.1. The molecule has 0 spiro atoms. The van der Waals surface area contributed by atoms with Crippen LogP contribution in [0.5, 0.6) is 5.75 Å². The van der Waals surface area contributed by atoms with Crippen molar-refractivity contribution >= 4 is 6.16 Å². The van der Waals surface area contributed by atoms with Gasteiger partial charge in [-0.25, -0.2) is 9.18 Å². The second-order valence-electron chi connectivity index (χ2n) is 7.28. The van der Waals surface area contributed by atoms with Gasteiger partial charge in [0.2, 0.25) is 0 Å². The van der Waals surface area contributed by atoms with Crippen molar-refractivity contribution in [2.75, 3.05) is 6.67 Å². The van der Waals surface area contributed by atoms with Crippen molar-refractivity contribution in [3.63, 3.8) is 0 Å². The molecular weight excluding hydrogens is 290 g/mol. The van der Waals surface area contributed by atoms with E-state index in [-0.39, 0.29) is 16.6 Å². The van der Waals surface area contributed by atoms with Crippen LogP contribution in [0.25, 0.3) is 0 Å². The molecule has 0 radical (unpaired) electrons. The minimum atomic E-state index is -2.31. The van der Waals surface area contributed by atoms with Gasteiger partial charge in [-0.15, -0.1) is 0 Å². The molecule has 124 valence electrons. The normalized spacial score (nSPS) is 13.6. The lowest BCUT2D eigenvalue weighted by molar-refractivity contribution is -0.0232. The Morgan fingerprint density at radius 3 is 1.86 bits per heavy atom. The van der Waals surface area contributed by atoms with Crippen LogP contribution in [0.1, 0.15) is 52.7 Å². The Hall–Kier alpha value is -1.65. The molecule has 3 nitrogen and oxygen atoms in total. The Bertz CT molecular complexity index is 495. The summed E-state index contributed by atoms with van der Waals surface area (Å²) in [7, 11) is 0. The van der Waals surface area contributed by atoms with Gasteiger partial charge in [0.25, 0.3) is 6.36 Å². The van der Waals surface area contributed by atoms with Crippen molar-refractivity contribution in [2.45, 2.75) is 58.7 Å². The van der Waals surface area contributed by atoms with Crippen molar-refractivity contribution in [1.82, 2.24) is 0 Å². The molecule has 0 N–H and O–H groups in total. The van der Waals surface area contributed by atoms with Gasteiger partial charge in [-0.3, -0.25) is 0 Å². The summed E-state index contributed by atoms with van der Waals surface area (Å²) in [5.74, 6) is 0.258. The van der Waals surface area contributed by atoms with E-state index in [1.807, 2.05) is 41.5 Å². The van der Waals surface area contributed by atoms with E-state index in [1.165, 1.54) is 0 Å². The quantitative estimate of drug-likeness (QED) is 0.577. The lowest BCUT2D eigenvalue weighted by Crippen LogP contribution is -2.20. The summed E-state index contributed by atoms with van der Waals surface area (Å²) in [5.41, 5.74) is 1.66. The lowest BCUT2D eigenvalue weighted by Gasteiger charge is -2.25. The minimum absolute atomic E-state index is 0.148. The average molecular weight is 314 g/mol. The molecule has 0 fully saturated rings. The Kier molecular flexibility index (Phi) is 5.54. The summed E-state index contributed by atoms with van der Waals surface area (Å²) in [4.78, 5) is 11.5. The van der Waals surface area contributed by atoms with Crippen LogP contribution < -0.4 is 4.74 Å². The van der Waals surface area contributed by atoms with Gasteiger partial charge >= 0.3 is 6.16 Å².